The second-order valence-corrected chi connectivity index (χ2v) is 6.70. The first-order chi connectivity index (χ1) is 10.7. The van der Waals surface area contributed by atoms with E-state index in [1.165, 1.54) is 6.92 Å². The third-order valence-corrected chi connectivity index (χ3v) is 5.24. The number of Topliss-reactive ketones (excluding diaryl/α,β-unsaturated/α-hetero) is 2. The molecule has 3 aliphatic carbocycles. The first kappa shape index (κ1) is 17.9. The third-order valence-electron chi connectivity index (χ3n) is 5.24. The van der Waals surface area contributed by atoms with E-state index >= 15 is 0 Å². The van der Waals surface area contributed by atoms with E-state index in [0.29, 0.717) is 19.4 Å². The molecule has 1 fully saturated rings. The maximum atomic E-state index is 12.7. The Labute approximate surface area is 137 Å². The number of aliphatic hydroxyl groups excluding tert-OH is 1. The fourth-order valence-corrected chi connectivity index (χ4v) is 3.89. The van der Waals surface area contributed by atoms with Crippen molar-refractivity contribution in [3.8, 4) is 0 Å². The average Bonchev–Trinajstić information content (AvgIpc) is 2.49. The summed E-state index contributed by atoms with van der Waals surface area (Å²) < 4.78 is 5.63. The molecule has 128 valence electrons. The maximum absolute atomic E-state index is 12.7. The number of hydrogen-bond acceptors (Lipinski definition) is 5. The van der Waals surface area contributed by atoms with Gasteiger partial charge >= 0.3 is 0 Å². The van der Waals surface area contributed by atoms with Crippen LogP contribution in [-0.4, -0.2) is 40.1 Å². The number of hydrogen-bond donors (Lipinski definition) is 2. The highest BCUT2D eigenvalue weighted by molar-refractivity contribution is 6.05. The number of carbonyl (C=O) groups is 2. The third kappa shape index (κ3) is 2.56. The molecule has 0 unspecified atom stereocenters. The zero-order valence-electron chi connectivity index (χ0n) is 14.3. The van der Waals surface area contributed by atoms with Crippen LogP contribution in [-0.2, 0) is 14.3 Å². The molecule has 0 aromatic rings. The Balaban J connectivity index is 2.46. The van der Waals surface area contributed by atoms with Gasteiger partial charge in [-0.25, -0.2) is 0 Å². The summed E-state index contributed by atoms with van der Waals surface area (Å²) in [5.74, 6) is -1.61. The fourth-order valence-electron chi connectivity index (χ4n) is 3.89. The fraction of sp³-hybridized carbons (Fsp3) is 0.667. The molecule has 3 rings (SSSR count). The van der Waals surface area contributed by atoms with Crippen LogP contribution in [0.4, 0.5) is 0 Å². The van der Waals surface area contributed by atoms with Crippen molar-refractivity contribution < 1.29 is 24.5 Å². The van der Waals surface area contributed by atoms with E-state index in [0.717, 1.165) is 0 Å². The molecule has 0 aliphatic heterocycles. The van der Waals surface area contributed by atoms with Crippen LogP contribution in [0.2, 0.25) is 0 Å². The molecule has 0 saturated heterocycles. The second-order valence-electron chi connectivity index (χ2n) is 6.70. The summed E-state index contributed by atoms with van der Waals surface area (Å²) in [7, 11) is 0. The Hall–Kier alpha value is -1.46. The zero-order valence-corrected chi connectivity index (χ0v) is 14.3. The quantitative estimate of drug-likeness (QED) is 0.734. The molecule has 2 N–H and O–H groups in total. The van der Waals surface area contributed by atoms with Gasteiger partial charge in [-0.3, -0.25) is 9.59 Å². The van der Waals surface area contributed by atoms with Crippen LogP contribution in [0.5, 0.6) is 0 Å². The Morgan fingerprint density at radius 1 is 1.43 bits per heavy atom. The van der Waals surface area contributed by atoms with Crippen LogP contribution < -0.4 is 0 Å². The molecule has 5 nitrogen and oxygen atoms in total. The van der Waals surface area contributed by atoms with Gasteiger partial charge < -0.3 is 14.9 Å². The van der Waals surface area contributed by atoms with Gasteiger partial charge in [0.05, 0.1) is 6.10 Å². The molecular weight excluding hydrogens is 296 g/mol. The highest BCUT2D eigenvalue weighted by Crippen LogP contribution is 2.55. The summed E-state index contributed by atoms with van der Waals surface area (Å²) in [6.45, 7) is 7.10. The molecule has 5 heteroatoms. The number of aliphatic hydroxyl groups is 2. The minimum Gasteiger partial charge on any atom is -0.511 e. The van der Waals surface area contributed by atoms with Crippen LogP contribution in [0, 0.1) is 11.3 Å². The van der Waals surface area contributed by atoms with Crippen molar-refractivity contribution in [1.29, 1.82) is 0 Å². The molecule has 0 aromatic heterocycles. The predicted molar refractivity (Wildman–Crippen MR) is 86.0 cm³/mol. The Morgan fingerprint density at radius 2 is 2.09 bits per heavy atom. The second kappa shape index (κ2) is 6.21. The summed E-state index contributed by atoms with van der Waals surface area (Å²) in [4.78, 5) is 25.3. The summed E-state index contributed by atoms with van der Waals surface area (Å²) in [6.07, 6.45) is 4.40. The van der Waals surface area contributed by atoms with Crippen LogP contribution in [0.15, 0.2) is 23.5 Å². The highest BCUT2D eigenvalue weighted by Gasteiger charge is 2.66. The maximum Gasteiger partial charge on any atom is 0.180 e. The lowest BCUT2D eigenvalue weighted by Gasteiger charge is -2.54. The molecular formula is C18H26O5. The van der Waals surface area contributed by atoms with Crippen LogP contribution in [0.25, 0.3) is 0 Å². The van der Waals surface area contributed by atoms with Gasteiger partial charge in [0.1, 0.15) is 16.8 Å². The van der Waals surface area contributed by atoms with Gasteiger partial charge in [-0.05, 0) is 40.5 Å². The number of fused-ring (bicyclic) bond motifs is 2. The Kier molecular flexibility index (Phi) is 4.83. The van der Waals surface area contributed by atoms with Crippen molar-refractivity contribution >= 4 is 11.6 Å². The van der Waals surface area contributed by atoms with Crippen molar-refractivity contribution in [2.24, 2.45) is 11.3 Å². The predicted octanol–water partition coefficient (Wildman–Crippen LogP) is 2.49. The van der Waals surface area contributed by atoms with Crippen molar-refractivity contribution in [3.05, 3.63) is 23.5 Å². The molecule has 3 aliphatic rings. The molecule has 1 saturated carbocycles. The lowest BCUT2D eigenvalue weighted by Crippen LogP contribution is -2.66. The van der Waals surface area contributed by atoms with E-state index in [2.05, 4.69) is 0 Å². The average molecular weight is 322 g/mol. The molecule has 0 heterocycles. The zero-order chi connectivity index (χ0) is 17.4. The number of ketones is 2. The van der Waals surface area contributed by atoms with Crippen molar-refractivity contribution in [2.45, 2.75) is 58.7 Å². The number of ether oxygens (including phenoxy) is 1. The van der Waals surface area contributed by atoms with Crippen molar-refractivity contribution in [3.63, 3.8) is 0 Å². The van der Waals surface area contributed by atoms with Gasteiger partial charge in [-0.1, -0.05) is 12.2 Å². The molecule has 23 heavy (non-hydrogen) atoms. The summed E-state index contributed by atoms with van der Waals surface area (Å²) in [5, 5.41) is 21.4. The first-order valence-electron chi connectivity index (χ1n) is 8.19. The van der Waals surface area contributed by atoms with E-state index in [1.807, 2.05) is 26.0 Å². The number of carbonyl (C=O) groups excluding carboxylic acids is 2. The monoisotopic (exact) mass is 322 g/mol. The van der Waals surface area contributed by atoms with Gasteiger partial charge in [0.15, 0.2) is 11.6 Å². The first-order valence-corrected chi connectivity index (χ1v) is 8.19. The Bertz CT molecular complexity index is 572. The molecule has 4 atom stereocenters. The van der Waals surface area contributed by atoms with E-state index in [1.54, 1.807) is 6.92 Å². The van der Waals surface area contributed by atoms with E-state index in [-0.39, 0.29) is 23.5 Å². The number of allylic oxidation sites excluding steroid dienone is 2. The molecule has 2 bridgehead atoms. The standard InChI is InChI=1S/C18H26O5/c1-5-7-8-9-12(19)14-11-10-13(23-6-2)17(3,15(14)20)16(21)18(11,4)22/h5,7,11,13,20,22H,6,8-10H2,1-4H3/b7-5+/t11-,13-,17+,18-/m0/s1. The van der Waals surface area contributed by atoms with Crippen LogP contribution in [0.3, 0.4) is 0 Å². The molecule has 0 amide bonds. The summed E-state index contributed by atoms with van der Waals surface area (Å²) in [6, 6.07) is 0. The van der Waals surface area contributed by atoms with Gasteiger partial charge in [0.25, 0.3) is 0 Å². The summed E-state index contributed by atoms with van der Waals surface area (Å²) in [5.41, 5.74) is -2.81. The van der Waals surface area contributed by atoms with Gasteiger partial charge in [-0.15, -0.1) is 0 Å². The van der Waals surface area contributed by atoms with Crippen LogP contribution >= 0.6 is 0 Å². The lowest BCUT2D eigenvalue weighted by atomic mass is 9.52. The SMILES string of the molecule is C/C=C/CCC(=O)C1=C(O)[C@]2(C)C(=O)[C@@](C)(O)[C@H]1C[C@@H]2OCC. The minimum atomic E-state index is -1.65. The van der Waals surface area contributed by atoms with Gasteiger partial charge in [-0.2, -0.15) is 0 Å². The highest BCUT2D eigenvalue weighted by atomic mass is 16.5. The normalized spacial score (nSPS) is 37.0. The van der Waals surface area contributed by atoms with Gasteiger partial charge in [0, 0.05) is 24.5 Å². The smallest absolute Gasteiger partial charge is 0.180 e. The largest absolute Gasteiger partial charge is 0.511 e. The molecule has 0 radical (unpaired) electrons. The topological polar surface area (TPSA) is 83.8 Å². The Morgan fingerprint density at radius 3 is 2.65 bits per heavy atom. The van der Waals surface area contributed by atoms with E-state index < -0.39 is 28.8 Å². The lowest BCUT2D eigenvalue weighted by molar-refractivity contribution is -0.180. The van der Waals surface area contributed by atoms with E-state index in [4.69, 9.17) is 4.74 Å². The van der Waals surface area contributed by atoms with E-state index in [9.17, 15) is 19.8 Å². The number of rotatable bonds is 6. The van der Waals surface area contributed by atoms with Gasteiger partial charge in [0.2, 0.25) is 0 Å². The minimum absolute atomic E-state index is 0.206. The summed E-state index contributed by atoms with van der Waals surface area (Å²) >= 11 is 0. The van der Waals surface area contributed by atoms with Crippen molar-refractivity contribution in [1.82, 2.24) is 0 Å². The molecule has 0 aromatic carbocycles. The molecule has 0 spiro atoms. The van der Waals surface area contributed by atoms with Crippen molar-refractivity contribution in [2.75, 3.05) is 6.61 Å². The van der Waals surface area contributed by atoms with Crippen LogP contribution in [0.1, 0.15) is 47.0 Å².